The fraction of sp³-hybridized carbons (Fsp3) is 0.452. The molecule has 11 heteroatoms. The van der Waals surface area contributed by atoms with Crippen molar-refractivity contribution in [2.75, 3.05) is 20.3 Å². The van der Waals surface area contributed by atoms with Gasteiger partial charge in [0.15, 0.2) is 5.78 Å². The van der Waals surface area contributed by atoms with Crippen LogP contribution in [-0.4, -0.2) is 66.2 Å². The third kappa shape index (κ3) is 7.27. The molecule has 1 fully saturated rings. The van der Waals surface area contributed by atoms with Gasteiger partial charge >= 0.3 is 35.0 Å². The van der Waals surface area contributed by atoms with E-state index in [1.807, 2.05) is 45.1 Å². The summed E-state index contributed by atoms with van der Waals surface area (Å²) in [6, 6.07) is 0. The Morgan fingerprint density at radius 3 is 2.23 bits per heavy atom. The fourth-order valence-electron chi connectivity index (χ4n) is 8.07. The van der Waals surface area contributed by atoms with Crippen LogP contribution in [0.1, 0.15) is 114 Å². The van der Waals surface area contributed by atoms with Crippen LogP contribution in [-0.2, 0) is 31.9 Å². The van der Waals surface area contributed by atoms with E-state index in [2.05, 4.69) is 27.7 Å². The van der Waals surface area contributed by atoms with E-state index in [9.17, 15) is 19.5 Å². The molecule has 3 atom stereocenters. The Labute approximate surface area is 327 Å². The van der Waals surface area contributed by atoms with Gasteiger partial charge in [0.1, 0.15) is 12.5 Å². The Kier molecular flexibility index (Phi) is 12.5. The Hall–Kier alpha value is -4.06. The second-order valence-corrected chi connectivity index (χ2v) is 14.0. The van der Waals surface area contributed by atoms with Crippen LogP contribution in [0, 0.1) is 38.5 Å². The van der Waals surface area contributed by atoms with E-state index in [4.69, 9.17) is 29.7 Å². The molecule has 0 radical (unpaired) electrons. The summed E-state index contributed by atoms with van der Waals surface area (Å²) in [6.07, 6.45) is 11.5. The first-order valence-corrected chi connectivity index (χ1v) is 18.4. The second-order valence-electron chi connectivity index (χ2n) is 14.0. The van der Waals surface area contributed by atoms with Gasteiger partial charge in [0, 0.05) is 18.6 Å². The quantitative estimate of drug-likeness (QED) is 0.129. The summed E-state index contributed by atoms with van der Waals surface area (Å²) in [7, 11) is 1.26. The predicted octanol–water partition coefficient (Wildman–Crippen LogP) is 4.62. The van der Waals surface area contributed by atoms with Crippen LogP contribution >= 0.6 is 0 Å². The van der Waals surface area contributed by atoms with E-state index < -0.39 is 29.5 Å². The van der Waals surface area contributed by atoms with Crippen LogP contribution in [0.25, 0.3) is 29.1 Å². The van der Waals surface area contributed by atoms with Gasteiger partial charge < -0.3 is 34.8 Å². The number of carbonyl (C=O) groups excluding carboxylic acids is 3. The predicted molar refractivity (Wildman–Crippen MR) is 205 cm³/mol. The molecule has 53 heavy (non-hydrogen) atoms. The number of rotatable bonds is 11. The molecule has 8 bridgehead atoms. The maximum atomic E-state index is 14.2. The van der Waals surface area contributed by atoms with Crippen LogP contribution < -0.4 is 25.7 Å². The molecule has 0 spiro atoms. The number of hydrogen-bond donors (Lipinski definition) is 1. The topological polar surface area (TPSA) is 146 Å². The van der Waals surface area contributed by atoms with Gasteiger partial charge in [-0.25, -0.2) is 0 Å². The second kappa shape index (κ2) is 16.5. The number of hydrogen-bond acceptors (Lipinski definition) is 6. The number of aromatic nitrogens is 3. The van der Waals surface area contributed by atoms with Crippen molar-refractivity contribution in [1.29, 1.82) is 0 Å². The summed E-state index contributed by atoms with van der Waals surface area (Å²) in [6.45, 7) is 14.1. The molecule has 0 unspecified atom stereocenters. The normalized spacial score (nSPS) is 22.6. The number of carbonyl (C=O) groups is 3. The first-order chi connectivity index (χ1) is 25.0. The number of esters is 2. The molecule has 3 aliphatic rings. The third-order valence-corrected chi connectivity index (χ3v) is 10.9. The number of allylic oxidation sites excluding steroid dienone is 2. The number of aliphatic hydroxyl groups is 1. The molecule has 3 aromatic rings. The zero-order chi connectivity index (χ0) is 37.4. The maximum Gasteiger partial charge on any atom is 2.00 e. The first-order valence-electron chi connectivity index (χ1n) is 18.4. The monoisotopic (exact) mass is 728 g/mol. The van der Waals surface area contributed by atoms with Crippen LogP contribution in [0.4, 0.5) is 0 Å². The number of ether oxygens (including phenoxy) is 2. The van der Waals surface area contributed by atoms with E-state index >= 15 is 0 Å². The Bertz CT molecular complexity index is 2160. The molecule has 0 aromatic carbocycles. The molecule has 276 valence electrons. The van der Waals surface area contributed by atoms with Crippen molar-refractivity contribution < 1.29 is 29.0 Å². The van der Waals surface area contributed by atoms with Crippen LogP contribution in [0.3, 0.4) is 0 Å². The van der Waals surface area contributed by atoms with Gasteiger partial charge in [-0.3, -0.25) is 14.4 Å². The SMILES string of the molecule is CCC/C(C)=C/COC(=O)CC[C@@H]1/C2=C3/c4[n-]c(c(C)c4C(=O)[C@@H]3C(=O)OC)/C=c3\[n-]/c(c(C)c3CC)=C\c3[n-]c(c(C)c3CC)/C=C(\[N-]2)[C@H]1CO.[Mg+2]. The molecule has 3 aromatic heterocycles. The van der Waals surface area contributed by atoms with Gasteiger partial charge in [0.2, 0.25) is 0 Å². The number of ketones is 1. The van der Waals surface area contributed by atoms with E-state index in [-0.39, 0.29) is 55.1 Å². The first kappa shape index (κ1) is 40.1. The average molecular weight is 729 g/mol. The minimum atomic E-state index is -1.28. The van der Waals surface area contributed by atoms with Gasteiger partial charge in [-0.15, -0.1) is 33.5 Å². The van der Waals surface area contributed by atoms with Crippen molar-refractivity contribution in [3.63, 3.8) is 0 Å². The molecule has 0 amide bonds. The standard InChI is InChI=1S/C42H49N4O6.Mg/c1-9-12-21(4)15-16-52-35(48)14-13-27-28(20-47)34-18-30-23(6)25(10-2)32(44-30)17-29-22(5)26(11-3)33(43-29)19-31-24(7)36-40(45-31)37(39(27)46-34)38(41(36)49)42(50)51-8;/h15,17-19,27-28,38,47H,9-14,16,20H2,1-8H3,(H-,45,46,49);/q-3;+2/p-1/b21-15+,29-17-,33-19-,34-18-;/t27-,28-,38+;/m0./s1. The molecule has 5 heterocycles. The Balaban J connectivity index is 0.00000541. The minimum Gasteiger partial charge on any atom is -0.664 e. The molecular weight excluding hydrogens is 681 g/mol. The number of fused-ring (bicyclic) bond motifs is 7. The molecule has 6 rings (SSSR count). The molecule has 1 N–H and O–H groups in total. The molecule has 1 aliphatic carbocycles. The summed E-state index contributed by atoms with van der Waals surface area (Å²) < 4.78 is 10.8. The molecule has 0 saturated carbocycles. The third-order valence-electron chi connectivity index (χ3n) is 10.9. The van der Waals surface area contributed by atoms with Crippen LogP contribution in [0.2, 0.25) is 0 Å². The van der Waals surface area contributed by atoms with Crippen LogP contribution in [0.5, 0.6) is 0 Å². The summed E-state index contributed by atoms with van der Waals surface area (Å²) in [5.41, 5.74) is 10.3. The van der Waals surface area contributed by atoms with Gasteiger partial charge in [-0.1, -0.05) is 84.4 Å². The van der Waals surface area contributed by atoms with Crippen LogP contribution in [0.15, 0.2) is 23.0 Å². The fourth-order valence-corrected chi connectivity index (χ4v) is 8.07. The molecule has 10 nitrogen and oxygen atoms in total. The van der Waals surface area contributed by atoms with Crippen molar-refractivity contribution in [3.8, 4) is 0 Å². The molecule has 2 aliphatic heterocycles. The van der Waals surface area contributed by atoms with Crippen molar-refractivity contribution >= 4 is 64.6 Å². The zero-order valence-electron chi connectivity index (χ0n) is 32.2. The zero-order valence-corrected chi connectivity index (χ0v) is 33.6. The summed E-state index contributed by atoms with van der Waals surface area (Å²) in [5, 5.41) is 17.7. The van der Waals surface area contributed by atoms with Crippen molar-refractivity contribution in [1.82, 2.24) is 15.0 Å². The Morgan fingerprint density at radius 2 is 1.57 bits per heavy atom. The van der Waals surface area contributed by atoms with Gasteiger partial charge in [-0.2, -0.15) is 11.4 Å². The maximum absolute atomic E-state index is 14.2. The molecule has 1 saturated heterocycles. The molecular formula is C42H48MgN4O6-2. The van der Waals surface area contributed by atoms with Crippen molar-refractivity contribution in [2.24, 2.45) is 17.8 Å². The number of Topliss-reactive ketones (excluding diaryl/α,β-unsaturated/α-hetero) is 1. The largest absolute Gasteiger partial charge is 2.00 e. The number of nitrogens with zero attached hydrogens (tertiary/aromatic N) is 4. The Morgan fingerprint density at radius 1 is 0.868 bits per heavy atom. The van der Waals surface area contributed by atoms with Gasteiger partial charge in [0.25, 0.3) is 0 Å². The summed E-state index contributed by atoms with van der Waals surface area (Å²) in [5.74, 6) is -3.84. The van der Waals surface area contributed by atoms with E-state index in [1.54, 1.807) is 0 Å². The van der Waals surface area contributed by atoms with E-state index in [1.165, 1.54) is 7.11 Å². The number of methoxy groups -OCH3 is 1. The van der Waals surface area contributed by atoms with Crippen molar-refractivity contribution in [3.05, 3.63) is 95.2 Å². The van der Waals surface area contributed by atoms with E-state index in [0.717, 1.165) is 75.6 Å². The number of aliphatic hydroxyl groups excluding tert-OH is 1. The van der Waals surface area contributed by atoms with Gasteiger partial charge in [-0.05, 0) is 71.3 Å². The van der Waals surface area contributed by atoms with Gasteiger partial charge in [0.05, 0.1) is 7.11 Å². The summed E-state index contributed by atoms with van der Waals surface area (Å²) in [4.78, 5) is 55.9. The van der Waals surface area contributed by atoms with E-state index in [0.29, 0.717) is 39.5 Å². The average Bonchev–Trinajstić information content (AvgIpc) is 3.87. The summed E-state index contributed by atoms with van der Waals surface area (Å²) >= 11 is 0. The van der Waals surface area contributed by atoms with Crippen molar-refractivity contribution in [2.45, 2.75) is 87.0 Å². The smallest absolute Gasteiger partial charge is 0.664 e. The minimum absolute atomic E-state index is 0.